The lowest BCUT2D eigenvalue weighted by Gasteiger charge is -2.28. The maximum Gasteiger partial charge on any atom is 0.146 e. The van der Waals surface area contributed by atoms with Gasteiger partial charge < -0.3 is 9.30 Å². The van der Waals surface area contributed by atoms with Crippen molar-refractivity contribution >= 4 is 115 Å². The van der Waals surface area contributed by atoms with Crippen molar-refractivity contribution in [1.29, 1.82) is 0 Å². The number of pyridine rings is 1. The van der Waals surface area contributed by atoms with E-state index in [1.165, 1.54) is 98.1 Å². The Balaban J connectivity index is 1.28. The smallest absolute Gasteiger partial charge is 0.146 e. The molecule has 0 bridgehead atoms. The summed E-state index contributed by atoms with van der Waals surface area (Å²) in [4.78, 5) is 8.36. The van der Waals surface area contributed by atoms with Crippen LogP contribution < -0.4 is 4.90 Å². The van der Waals surface area contributed by atoms with Gasteiger partial charge in [0.1, 0.15) is 5.65 Å². The maximum absolute atomic E-state index is 5.89. The van der Waals surface area contributed by atoms with Crippen molar-refractivity contribution in [3.63, 3.8) is 0 Å². The van der Waals surface area contributed by atoms with Crippen molar-refractivity contribution in [3.8, 4) is 0 Å². The van der Waals surface area contributed by atoms with E-state index in [1.807, 2.05) is 0 Å². The fourth-order valence-electron chi connectivity index (χ4n) is 10.5. The first kappa shape index (κ1) is 34.7. The minimum atomic E-state index is -0.0815. The van der Waals surface area contributed by atoms with Gasteiger partial charge in [0.15, 0.2) is 0 Å². The van der Waals surface area contributed by atoms with Crippen molar-refractivity contribution < 1.29 is 0 Å². The number of nitrogens with zero attached hydrogens (tertiary/aromatic N) is 4. The molecular weight excluding hydrogens is 741 g/mol. The molecule has 4 heteroatoms. The van der Waals surface area contributed by atoms with Gasteiger partial charge in [0.2, 0.25) is 0 Å². The first-order chi connectivity index (χ1) is 29.5. The summed E-state index contributed by atoms with van der Waals surface area (Å²) in [6.45, 7) is 14.0. The van der Waals surface area contributed by atoms with E-state index in [2.05, 4.69) is 213 Å². The van der Waals surface area contributed by atoms with Gasteiger partial charge in [0.25, 0.3) is 0 Å². The number of hydrogen-bond acceptors (Lipinski definition) is 2. The molecule has 5 aromatic heterocycles. The molecule has 292 valence electrons. The van der Waals surface area contributed by atoms with E-state index in [4.69, 9.17) is 4.98 Å². The van der Waals surface area contributed by atoms with E-state index in [0.717, 1.165) is 28.1 Å². The highest BCUT2D eigenvalue weighted by Crippen LogP contribution is 2.51. The lowest BCUT2D eigenvalue weighted by atomic mass is 9.85. The average Bonchev–Trinajstić information content (AvgIpc) is 3.97. The molecule has 0 atom stereocenters. The van der Waals surface area contributed by atoms with Gasteiger partial charge in [-0.2, -0.15) is 0 Å². The topological polar surface area (TPSA) is 24.9 Å². The summed E-state index contributed by atoms with van der Waals surface area (Å²) in [6, 6.07) is 58.8. The van der Waals surface area contributed by atoms with Crippen LogP contribution >= 0.6 is 0 Å². The van der Waals surface area contributed by atoms with Crippen LogP contribution in [-0.2, 0) is 10.8 Å². The molecule has 0 aliphatic heterocycles. The lowest BCUT2D eigenvalue weighted by Crippen LogP contribution is -2.11. The number of hydrogen-bond donors (Lipinski definition) is 0. The summed E-state index contributed by atoms with van der Waals surface area (Å²) in [6.07, 6.45) is 0. The van der Waals surface area contributed by atoms with E-state index < -0.39 is 0 Å². The molecule has 0 aliphatic rings. The van der Waals surface area contributed by atoms with Crippen LogP contribution in [0.4, 0.5) is 17.1 Å². The molecule has 13 aromatic rings. The molecule has 0 amide bonds. The third-order valence-electron chi connectivity index (χ3n) is 13.5. The van der Waals surface area contributed by atoms with Crippen LogP contribution in [0.25, 0.3) is 98.0 Å². The van der Waals surface area contributed by atoms with Gasteiger partial charge >= 0.3 is 0 Å². The molecule has 0 aliphatic carbocycles. The molecular formula is C57H44N4. The van der Waals surface area contributed by atoms with Crippen molar-refractivity contribution in [3.05, 3.63) is 169 Å². The Hall–Kier alpha value is -7.17. The highest BCUT2D eigenvalue weighted by atomic mass is 15.2. The fourth-order valence-corrected chi connectivity index (χ4v) is 10.5. The second-order valence-corrected chi connectivity index (χ2v) is 19.3. The molecule has 0 unspecified atom stereocenters. The van der Waals surface area contributed by atoms with Gasteiger partial charge in [-0.3, -0.25) is 4.40 Å². The average molecular weight is 785 g/mol. The number of para-hydroxylation sites is 2. The van der Waals surface area contributed by atoms with Crippen molar-refractivity contribution in [1.82, 2.24) is 13.8 Å². The normalized spacial score (nSPS) is 13.1. The summed E-state index contributed by atoms with van der Waals surface area (Å²) < 4.78 is 5.04. The van der Waals surface area contributed by atoms with Crippen LogP contribution in [0.2, 0.25) is 0 Å². The van der Waals surface area contributed by atoms with Crippen molar-refractivity contribution in [2.24, 2.45) is 0 Å². The van der Waals surface area contributed by atoms with Crippen LogP contribution in [0, 0.1) is 0 Å². The Labute approximate surface area is 353 Å². The third kappa shape index (κ3) is 4.68. The van der Waals surface area contributed by atoms with Gasteiger partial charge in [0.05, 0.1) is 38.8 Å². The largest absolute Gasteiger partial charge is 0.308 e. The fraction of sp³-hybridized carbons (Fsp3) is 0.140. The van der Waals surface area contributed by atoms with Crippen LogP contribution in [-0.4, -0.2) is 13.8 Å². The Kier molecular flexibility index (Phi) is 6.69. The van der Waals surface area contributed by atoms with E-state index in [-0.39, 0.29) is 10.8 Å². The number of anilines is 3. The standard InChI is InChI=1S/C57H44N4/c1-56(2,3)36-28-43-41-25-33-17-13-14-18-34(33)27-48(41)61-51(43)45(30-36)46-32-49-50(58-55(46)61)47-31-37(57(4,5)6)29-44-42-26-35-19-15-16-24-40(35)53(54(42)60(49)52(44)47)59(38-20-9-7-10-21-38)39-22-11-8-12-23-39/h7-32H,1-6H3. The van der Waals surface area contributed by atoms with Gasteiger partial charge in [-0.05, 0) is 111 Å². The van der Waals surface area contributed by atoms with Crippen LogP contribution in [0.1, 0.15) is 52.7 Å². The van der Waals surface area contributed by atoms with Crippen molar-refractivity contribution in [2.75, 3.05) is 4.90 Å². The van der Waals surface area contributed by atoms with Gasteiger partial charge in [0, 0.05) is 54.5 Å². The Morgan fingerprint density at radius 1 is 0.393 bits per heavy atom. The SMILES string of the molecule is CC(C)(C)c1cc2c3cc4ccccc4cc3n3c4nc5c6cc(C(C)(C)C)cc7c8cc9ccccc9c(N(c9ccccc9)c9ccccc9)c8n(c5cc4c(c1)c23)c76. The summed E-state index contributed by atoms with van der Waals surface area (Å²) in [5.74, 6) is 0. The summed E-state index contributed by atoms with van der Waals surface area (Å²) in [5.41, 5.74) is 14.0. The van der Waals surface area contributed by atoms with Gasteiger partial charge in [-0.15, -0.1) is 0 Å². The number of benzene rings is 8. The molecule has 0 saturated heterocycles. The zero-order valence-corrected chi connectivity index (χ0v) is 35.3. The third-order valence-corrected chi connectivity index (χ3v) is 13.5. The molecule has 0 N–H and O–H groups in total. The van der Waals surface area contributed by atoms with Crippen LogP contribution in [0.3, 0.4) is 0 Å². The Bertz CT molecular complexity index is 3890. The molecule has 8 aromatic carbocycles. The second kappa shape index (κ2) is 11.8. The minimum absolute atomic E-state index is 0.0421. The molecule has 61 heavy (non-hydrogen) atoms. The molecule has 4 nitrogen and oxygen atoms in total. The number of aromatic nitrogens is 3. The number of fused-ring (bicyclic) bond motifs is 14. The van der Waals surface area contributed by atoms with Crippen LogP contribution in [0.15, 0.2) is 158 Å². The summed E-state index contributed by atoms with van der Waals surface area (Å²) in [5, 5.41) is 13.6. The van der Waals surface area contributed by atoms with Crippen LogP contribution in [0.5, 0.6) is 0 Å². The van der Waals surface area contributed by atoms with E-state index in [0.29, 0.717) is 0 Å². The second-order valence-electron chi connectivity index (χ2n) is 19.3. The number of rotatable bonds is 3. The van der Waals surface area contributed by atoms with Gasteiger partial charge in [-0.25, -0.2) is 4.98 Å². The van der Waals surface area contributed by atoms with E-state index >= 15 is 0 Å². The first-order valence-corrected chi connectivity index (χ1v) is 21.6. The Morgan fingerprint density at radius 3 is 1.52 bits per heavy atom. The molecule has 0 fully saturated rings. The molecule has 0 radical (unpaired) electrons. The molecule has 0 spiro atoms. The predicted molar refractivity (Wildman–Crippen MR) is 261 cm³/mol. The monoisotopic (exact) mass is 784 g/mol. The highest BCUT2D eigenvalue weighted by molar-refractivity contribution is 6.31. The Morgan fingerprint density at radius 2 is 0.885 bits per heavy atom. The summed E-state index contributed by atoms with van der Waals surface area (Å²) >= 11 is 0. The van der Waals surface area contributed by atoms with Gasteiger partial charge in [-0.1, -0.05) is 126 Å². The molecule has 0 saturated carbocycles. The van der Waals surface area contributed by atoms with E-state index in [9.17, 15) is 0 Å². The highest BCUT2D eigenvalue weighted by Gasteiger charge is 2.30. The van der Waals surface area contributed by atoms with Crippen molar-refractivity contribution in [2.45, 2.75) is 52.4 Å². The summed E-state index contributed by atoms with van der Waals surface area (Å²) in [7, 11) is 0. The predicted octanol–water partition coefficient (Wildman–Crippen LogP) is 15.8. The van der Waals surface area contributed by atoms with E-state index in [1.54, 1.807) is 0 Å². The molecule has 5 heterocycles. The minimum Gasteiger partial charge on any atom is -0.308 e. The first-order valence-electron chi connectivity index (χ1n) is 21.6. The quantitative estimate of drug-likeness (QED) is 0.178. The zero-order chi connectivity index (χ0) is 41.1. The maximum atomic E-state index is 5.89. The lowest BCUT2D eigenvalue weighted by molar-refractivity contribution is 0.591. The molecule has 13 rings (SSSR count). The zero-order valence-electron chi connectivity index (χ0n) is 35.3.